The molecule has 0 aliphatic carbocycles. The lowest BCUT2D eigenvalue weighted by Crippen LogP contribution is -2.61. The number of esters is 1. The molecule has 438 valence electrons. The first-order valence-electron chi connectivity index (χ1n) is 29.7. The van der Waals surface area contributed by atoms with Gasteiger partial charge < -0.3 is 64.2 Å². The molecule has 14 nitrogen and oxygen atoms in total. The van der Waals surface area contributed by atoms with Crippen LogP contribution < -0.4 is 0 Å². The van der Waals surface area contributed by atoms with Gasteiger partial charge in [-0.25, -0.2) is 0 Å². The molecular formula is C62H106O14. The smallest absolute Gasteiger partial charge is 0.306 e. The molecule has 0 aromatic heterocycles. The van der Waals surface area contributed by atoms with Gasteiger partial charge in [-0.1, -0.05) is 189 Å². The van der Waals surface area contributed by atoms with Crippen LogP contribution in [0.3, 0.4) is 0 Å². The average molecular weight is 1080 g/mol. The van der Waals surface area contributed by atoms with Crippen molar-refractivity contribution in [1.29, 1.82) is 0 Å². The number of carbonyl (C=O) groups excluding carboxylic acids is 1. The van der Waals surface area contributed by atoms with Crippen LogP contribution in [-0.4, -0.2) is 142 Å². The lowest BCUT2D eigenvalue weighted by Gasteiger charge is -2.42. The van der Waals surface area contributed by atoms with Crippen molar-refractivity contribution in [3.8, 4) is 0 Å². The summed E-state index contributed by atoms with van der Waals surface area (Å²) in [5, 5.41) is 72.4. The lowest BCUT2D eigenvalue weighted by molar-refractivity contribution is -0.332. The van der Waals surface area contributed by atoms with E-state index in [0.29, 0.717) is 13.0 Å². The number of ether oxygens (including phenoxy) is 6. The van der Waals surface area contributed by atoms with E-state index in [4.69, 9.17) is 28.4 Å². The molecular weight excluding hydrogens is 969 g/mol. The van der Waals surface area contributed by atoms with Gasteiger partial charge >= 0.3 is 5.97 Å². The summed E-state index contributed by atoms with van der Waals surface area (Å²) in [5.74, 6) is -0.395. The predicted octanol–water partition coefficient (Wildman–Crippen LogP) is 10.8. The Bertz CT molecular complexity index is 1580. The first-order valence-corrected chi connectivity index (χ1v) is 29.7. The summed E-state index contributed by atoms with van der Waals surface area (Å²) in [4.78, 5) is 13.1. The van der Waals surface area contributed by atoms with Gasteiger partial charge in [0.05, 0.1) is 26.4 Å². The Balaban J connectivity index is 1.72. The highest BCUT2D eigenvalue weighted by atomic mass is 16.7. The number of aliphatic hydroxyl groups excluding tert-OH is 7. The predicted molar refractivity (Wildman–Crippen MR) is 302 cm³/mol. The maximum Gasteiger partial charge on any atom is 0.306 e. The van der Waals surface area contributed by atoms with Crippen molar-refractivity contribution >= 4 is 5.97 Å². The Hall–Kier alpha value is -2.83. The fourth-order valence-corrected chi connectivity index (χ4v) is 8.87. The van der Waals surface area contributed by atoms with E-state index in [1.807, 2.05) is 0 Å². The molecule has 0 radical (unpaired) electrons. The summed E-state index contributed by atoms with van der Waals surface area (Å²) in [6, 6.07) is 0. The number of unbranched alkanes of at least 4 members (excludes halogenated alkanes) is 19. The van der Waals surface area contributed by atoms with Crippen molar-refractivity contribution in [3.05, 3.63) is 85.1 Å². The molecule has 0 aromatic carbocycles. The Morgan fingerprint density at radius 3 is 1.36 bits per heavy atom. The second-order valence-electron chi connectivity index (χ2n) is 20.4. The van der Waals surface area contributed by atoms with Crippen molar-refractivity contribution in [2.75, 3.05) is 33.0 Å². The zero-order chi connectivity index (χ0) is 55.1. The van der Waals surface area contributed by atoms with E-state index in [1.165, 1.54) is 70.6 Å². The minimum Gasteiger partial charge on any atom is -0.457 e. The summed E-state index contributed by atoms with van der Waals surface area (Å²) in [5.41, 5.74) is 0. The zero-order valence-electron chi connectivity index (χ0n) is 47.0. The average Bonchev–Trinajstić information content (AvgIpc) is 3.42. The third-order valence-corrected chi connectivity index (χ3v) is 13.6. The third-order valence-electron chi connectivity index (χ3n) is 13.6. The summed E-state index contributed by atoms with van der Waals surface area (Å²) in [6.45, 7) is 3.54. The normalized spacial score (nSPS) is 25.1. The Morgan fingerprint density at radius 1 is 0.447 bits per heavy atom. The fourth-order valence-electron chi connectivity index (χ4n) is 8.87. The number of rotatable bonds is 47. The maximum absolute atomic E-state index is 13.1. The molecule has 2 saturated heterocycles. The SMILES string of the molecule is CC/C=C\C/C=C\C/C=C\C/C=C\C/C=C\C/C=C\CCCCCCCCC(=O)OC(COCCCCCCCC/C=C\CCCCCCCCC)COC1OC(COC2OC(CO)C(O)C(O)C2O)C(O)C(O)C1O. The van der Waals surface area contributed by atoms with E-state index in [1.54, 1.807) is 0 Å². The van der Waals surface area contributed by atoms with Crippen LogP contribution in [0.15, 0.2) is 85.1 Å². The van der Waals surface area contributed by atoms with Crippen LogP contribution in [0.25, 0.3) is 0 Å². The Kier molecular flexibility index (Phi) is 43.9. The van der Waals surface area contributed by atoms with E-state index >= 15 is 0 Å². The number of aliphatic hydroxyl groups is 7. The largest absolute Gasteiger partial charge is 0.457 e. The standard InChI is InChI=1S/C62H106O14/c1-3-5-7-9-11-13-15-17-19-21-22-23-24-25-26-27-28-29-31-33-35-37-39-41-43-45-54(64)74-51(48-71-46-44-42-40-38-36-34-32-30-20-18-16-14-12-10-8-6-4-2)49-72-61-60(70)58(68)56(66)53(76-61)50-73-62-59(69)57(67)55(65)52(47-63)75-62/h5,7,11,13,17,19-20,22-23,25-26,28-30,51-53,55-63,65-70H,3-4,6,8-10,12,14-16,18,21,24,27,31-50H2,1-2H3/b7-5-,13-11-,19-17-,23-22-,26-25-,29-28-,30-20-. The molecule has 0 aromatic rings. The van der Waals surface area contributed by atoms with Crippen molar-refractivity contribution in [2.45, 2.75) is 268 Å². The first kappa shape index (κ1) is 69.3. The van der Waals surface area contributed by atoms with Crippen LogP contribution in [0, 0.1) is 0 Å². The molecule has 0 spiro atoms. The van der Waals surface area contributed by atoms with Gasteiger partial charge in [-0.05, 0) is 89.9 Å². The van der Waals surface area contributed by atoms with Crippen molar-refractivity contribution in [2.24, 2.45) is 0 Å². The van der Waals surface area contributed by atoms with Crippen LogP contribution in [0.5, 0.6) is 0 Å². The third kappa shape index (κ3) is 34.2. The van der Waals surface area contributed by atoms with Crippen LogP contribution in [0.2, 0.25) is 0 Å². The van der Waals surface area contributed by atoms with E-state index in [9.17, 15) is 40.5 Å². The quantitative estimate of drug-likeness (QED) is 0.0172. The molecule has 11 unspecified atom stereocenters. The maximum atomic E-state index is 13.1. The van der Waals surface area contributed by atoms with Crippen LogP contribution in [0.4, 0.5) is 0 Å². The van der Waals surface area contributed by atoms with Gasteiger partial charge in [0.15, 0.2) is 12.6 Å². The van der Waals surface area contributed by atoms with Crippen molar-refractivity contribution in [1.82, 2.24) is 0 Å². The summed E-state index contributed by atoms with van der Waals surface area (Å²) < 4.78 is 34.4. The monoisotopic (exact) mass is 1070 g/mol. The fraction of sp³-hybridized carbons (Fsp3) is 0.758. The van der Waals surface area contributed by atoms with Crippen molar-refractivity contribution in [3.63, 3.8) is 0 Å². The van der Waals surface area contributed by atoms with Gasteiger partial charge in [-0.3, -0.25) is 4.79 Å². The number of allylic oxidation sites excluding steroid dienone is 14. The second-order valence-corrected chi connectivity index (χ2v) is 20.4. The highest BCUT2D eigenvalue weighted by Crippen LogP contribution is 2.26. The number of hydrogen-bond acceptors (Lipinski definition) is 14. The lowest BCUT2D eigenvalue weighted by atomic mass is 9.98. The Morgan fingerprint density at radius 2 is 0.855 bits per heavy atom. The van der Waals surface area contributed by atoms with Crippen molar-refractivity contribution < 1.29 is 69.0 Å². The molecule has 2 rings (SSSR count). The molecule has 14 heteroatoms. The van der Waals surface area contributed by atoms with Crippen LogP contribution in [-0.2, 0) is 33.2 Å². The van der Waals surface area contributed by atoms with Gasteiger partial charge in [-0.2, -0.15) is 0 Å². The minimum absolute atomic E-state index is 0.0470. The second kappa shape index (κ2) is 48.1. The molecule has 2 aliphatic heterocycles. The Labute approximate surface area is 459 Å². The molecule has 0 amide bonds. The highest BCUT2D eigenvalue weighted by Gasteiger charge is 2.47. The van der Waals surface area contributed by atoms with Gasteiger partial charge in [0, 0.05) is 13.0 Å². The molecule has 0 saturated carbocycles. The van der Waals surface area contributed by atoms with E-state index in [0.717, 1.165) is 103 Å². The summed E-state index contributed by atoms with van der Waals surface area (Å²) in [6.07, 6.45) is 46.4. The highest BCUT2D eigenvalue weighted by molar-refractivity contribution is 5.69. The summed E-state index contributed by atoms with van der Waals surface area (Å²) in [7, 11) is 0. The molecule has 76 heavy (non-hydrogen) atoms. The molecule has 7 N–H and O–H groups in total. The topological polar surface area (TPSA) is 214 Å². The summed E-state index contributed by atoms with van der Waals surface area (Å²) >= 11 is 0. The molecule has 0 bridgehead atoms. The zero-order valence-corrected chi connectivity index (χ0v) is 47.0. The molecule has 2 heterocycles. The molecule has 2 aliphatic rings. The van der Waals surface area contributed by atoms with E-state index < -0.39 is 86.7 Å². The van der Waals surface area contributed by atoms with E-state index in [2.05, 4.69) is 98.9 Å². The van der Waals surface area contributed by atoms with Gasteiger partial charge in [-0.15, -0.1) is 0 Å². The van der Waals surface area contributed by atoms with Gasteiger partial charge in [0.2, 0.25) is 0 Å². The van der Waals surface area contributed by atoms with Gasteiger partial charge in [0.25, 0.3) is 0 Å². The molecule has 2 fully saturated rings. The molecule has 11 atom stereocenters. The van der Waals surface area contributed by atoms with Crippen LogP contribution in [0.1, 0.15) is 200 Å². The van der Waals surface area contributed by atoms with Crippen LogP contribution >= 0.6 is 0 Å². The number of carbonyl (C=O) groups is 1. The van der Waals surface area contributed by atoms with Gasteiger partial charge in [0.1, 0.15) is 54.9 Å². The number of hydrogen-bond donors (Lipinski definition) is 7. The minimum atomic E-state index is -1.72. The van der Waals surface area contributed by atoms with E-state index in [-0.39, 0.29) is 19.6 Å². The first-order chi connectivity index (χ1) is 37.1.